The summed E-state index contributed by atoms with van der Waals surface area (Å²) in [6.45, 7) is -0.210. The predicted octanol–water partition coefficient (Wildman–Crippen LogP) is -1.70. The maximum atomic E-state index is 12.7. The predicted molar refractivity (Wildman–Crippen MR) is 140 cm³/mol. The van der Waals surface area contributed by atoms with Crippen LogP contribution in [0.25, 0.3) is 11.2 Å². The number of carbonyl (C=O) groups excluding carboxylic acids is 2. The van der Waals surface area contributed by atoms with Crippen molar-refractivity contribution in [3.8, 4) is 0 Å². The molecule has 3 aromatic rings. The molecule has 40 heavy (non-hydrogen) atoms. The van der Waals surface area contributed by atoms with Crippen molar-refractivity contribution in [2.24, 2.45) is 0 Å². The summed E-state index contributed by atoms with van der Waals surface area (Å²) < 4.78 is 10.0. The number of aliphatic hydroxyl groups excluding tert-OH is 1. The van der Waals surface area contributed by atoms with E-state index >= 15 is 0 Å². The summed E-state index contributed by atoms with van der Waals surface area (Å²) in [4.78, 5) is 63.3. The third kappa shape index (κ3) is 7.07. The first-order valence-corrected chi connectivity index (χ1v) is 12.0. The van der Waals surface area contributed by atoms with Gasteiger partial charge in [0, 0.05) is 17.7 Å². The first-order valence-electron chi connectivity index (χ1n) is 12.0. The van der Waals surface area contributed by atoms with Crippen molar-refractivity contribution in [1.29, 1.82) is 0 Å². The number of aromatic amines is 1. The quantitative estimate of drug-likeness (QED) is 0.131. The normalized spacial score (nSPS) is 15.0. The molecule has 3 heterocycles. The van der Waals surface area contributed by atoms with E-state index in [-0.39, 0.29) is 55.3 Å². The van der Waals surface area contributed by atoms with Crippen LogP contribution in [0.1, 0.15) is 28.9 Å². The summed E-state index contributed by atoms with van der Waals surface area (Å²) in [5.41, 5.74) is 5.34. The number of nitrogens with two attached hydrogens (primary N) is 1. The Morgan fingerprint density at radius 3 is 2.58 bits per heavy atom. The number of hydrogen-bond acceptors (Lipinski definition) is 12. The lowest BCUT2D eigenvalue weighted by atomic mass is 9.99. The number of carboxylic acid groups (broad SMARTS) is 1. The Morgan fingerprint density at radius 2 is 1.90 bits per heavy atom. The molecular weight excluding hydrogens is 527 g/mol. The van der Waals surface area contributed by atoms with Gasteiger partial charge in [0.25, 0.3) is 11.5 Å². The number of amides is 2. The number of carboxylic acids is 1. The topological polar surface area (TPSA) is 244 Å². The molecule has 0 aliphatic carbocycles. The van der Waals surface area contributed by atoms with E-state index < -0.39 is 41.5 Å². The van der Waals surface area contributed by atoms with Crippen LogP contribution in [0.4, 0.5) is 11.6 Å². The second kappa shape index (κ2) is 12.5. The van der Waals surface area contributed by atoms with Gasteiger partial charge in [-0.05, 0) is 30.7 Å². The van der Waals surface area contributed by atoms with Crippen molar-refractivity contribution in [3.05, 3.63) is 52.1 Å². The Morgan fingerprint density at radius 1 is 1.18 bits per heavy atom. The van der Waals surface area contributed by atoms with Gasteiger partial charge in [0.05, 0.1) is 38.3 Å². The number of H-pyrrole nitrogens is 1. The maximum absolute atomic E-state index is 12.7. The zero-order valence-corrected chi connectivity index (χ0v) is 21.0. The lowest BCUT2D eigenvalue weighted by Crippen LogP contribution is -2.60. The van der Waals surface area contributed by atoms with Gasteiger partial charge >= 0.3 is 13.7 Å². The minimum Gasteiger partial charge on any atom is -0.480 e. The lowest BCUT2D eigenvalue weighted by molar-refractivity contribution is -0.139. The molecule has 2 amide bonds. The molecule has 1 unspecified atom stereocenters. The maximum Gasteiger partial charge on any atom is 0.488 e. The summed E-state index contributed by atoms with van der Waals surface area (Å²) in [5, 5.41) is 27.2. The lowest BCUT2D eigenvalue weighted by Gasteiger charge is -2.35. The Balaban J connectivity index is 1.30. The van der Waals surface area contributed by atoms with Crippen LogP contribution in [0.3, 0.4) is 0 Å². The number of rotatable bonds is 11. The first-order chi connectivity index (χ1) is 19.2. The van der Waals surface area contributed by atoms with Gasteiger partial charge < -0.3 is 41.2 Å². The summed E-state index contributed by atoms with van der Waals surface area (Å²) in [6.07, 6.45) is 1.05. The third-order valence-electron chi connectivity index (χ3n) is 5.93. The number of carbonyl (C=O) groups is 3. The Bertz CT molecular complexity index is 1450. The Labute approximate surface area is 227 Å². The molecule has 209 valence electrons. The molecule has 1 radical (unpaired) electrons. The summed E-state index contributed by atoms with van der Waals surface area (Å²) in [6, 6.07) is 4.90. The minimum atomic E-state index is -1.33. The van der Waals surface area contributed by atoms with Gasteiger partial charge in [-0.1, -0.05) is 0 Å². The van der Waals surface area contributed by atoms with Crippen molar-refractivity contribution in [2.45, 2.75) is 31.0 Å². The Hall–Kier alpha value is -4.61. The summed E-state index contributed by atoms with van der Waals surface area (Å²) in [5.74, 6) is -2.52. The van der Waals surface area contributed by atoms with Crippen molar-refractivity contribution in [1.82, 2.24) is 30.6 Å². The summed E-state index contributed by atoms with van der Waals surface area (Å²) in [7, 11) is 1.11. The van der Waals surface area contributed by atoms with Gasteiger partial charge in [0.15, 0.2) is 11.2 Å². The van der Waals surface area contributed by atoms with E-state index in [1.165, 1.54) is 18.3 Å². The second-order valence-corrected chi connectivity index (χ2v) is 9.02. The summed E-state index contributed by atoms with van der Waals surface area (Å²) >= 11 is 0. The molecule has 2 aromatic heterocycles. The smallest absolute Gasteiger partial charge is 0.480 e. The second-order valence-electron chi connectivity index (χ2n) is 9.02. The molecule has 0 saturated carbocycles. The average molecular weight is 553 g/mol. The highest BCUT2D eigenvalue weighted by Gasteiger charge is 2.35. The van der Waals surface area contributed by atoms with Crippen LogP contribution in [0.5, 0.6) is 0 Å². The van der Waals surface area contributed by atoms with E-state index in [0.717, 1.165) is 7.69 Å². The SMILES string of the molecule is Nc1nc2ncc(CNc3ccc(C(=O)NC(CCC(=O)NC4(CO)CO[B]OC4)C(=O)O)cc3)nc2c(=O)[nH]1. The number of hydrogen-bond donors (Lipinski definition) is 7. The van der Waals surface area contributed by atoms with Crippen molar-refractivity contribution in [3.63, 3.8) is 0 Å². The van der Waals surface area contributed by atoms with Crippen LogP contribution in [0.15, 0.2) is 35.3 Å². The van der Waals surface area contributed by atoms with Crippen LogP contribution in [-0.4, -0.2) is 87.0 Å². The highest BCUT2D eigenvalue weighted by atomic mass is 16.6. The van der Waals surface area contributed by atoms with Gasteiger partial charge in [-0.25, -0.2) is 14.8 Å². The van der Waals surface area contributed by atoms with Crippen molar-refractivity contribution in [2.75, 3.05) is 30.9 Å². The molecule has 1 atom stereocenters. The van der Waals surface area contributed by atoms with Crippen LogP contribution < -0.4 is 27.2 Å². The zero-order chi connectivity index (χ0) is 28.7. The first kappa shape index (κ1) is 28.4. The molecule has 1 aliphatic rings. The number of aromatic nitrogens is 4. The van der Waals surface area contributed by atoms with Crippen molar-refractivity contribution >= 4 is 48.3 Å². The Kier molecular flexibility index (Phi) is 8.88. The monoisotopic (exact) mass is 553 g/mol. The van der Waals surface area contributed by atoms with E-state index in [9.17, 15) is 29.4 Å². The number of nitrogen functional groups attached to an aromatic ring is 1. The van der Waals surface area contributed by atoms with Gasteiger partial charge in [-0.15, -0.1) is 0 Å². The van der Waals surface area contributed by atoms with Crippen LogP contribution >= 0.6 is 0 Å². The van der Waals surface area contributed by atoms with Gasteiger partial charge in [0.2, 0.25) is 11.9 Å². The number of aliphatic carboxylic acids is 1. The van der Waals surface area contributed by atoms with Gasteiger partial charge in [-0.2, -0.15) is 4.98 Å². The van der Waals surface area contributed by atoms with E-state index in [2.05, 4.69) is 35.9 Å². The van der Waals surface area contributed by atoms with Gasteiger partial charge in [0.1, 0.15) is 11.6 Å². The fraction of sp³-hybridized carbons (Fsp3) is 0.348. The molecule has 4 rings (SSSR count). The van der Waals surface area contributed by atoms with Crippen LogP contribution in [0, 0.1) is 0 Å². The highest BCUT2D eigenvalue weighted by molar-refractivity contribution is 6.18. The minimum absolute atomic E-state index is 0.00168. The standard InChI is InChI=1S/C23H26BN8O8/c25-22-30-18-17(20(36)31-22)28-14(8-27-18)7-26-13-3-1-12(2-4-13)19(35)29-15(21(37)38)5-6-16(34)32-23(9-33)10-39-24-40-11-23/h1-4,8,15,26,33H,5-7,9-11H2,(H,29,35)(H,32,34)(H,37,38)(H3,25,27,30,31,36). The molecule has 1 aromatic carbocycles. The number of benzene rings is 1. The molecular formula is C23H26BN8O8. The molecule has 17 heteroatoms. The molecule has 8 N–H and O–H groups in total. The van der Waals surface area contributed by atoms with E-state index in [1.54, 1.807) is 12.1 Å². The molecule has 1 saturated heterocycles. The molecule has 1 aliphatic heterocycles. The molecule has 1 fully saturated rings. The van der Waals surface area contributed by atoms with E-state index in [4.69, 9.17) is 15.0 Å². The van der Waals surface area contributed by atoms with Crippen LogP contribution in [-0.2, 0) is 25.4 Å². The number of anilines is 2. The fourth-order valence-electron chi connectivity index (χ4n) is 3.80. The number of aliphatic hydroxyl groups is 1. The van der Waals surface area contributed by atoms with E-state index in [0.29, 0.717) is 11.4 Å². The molecule has 16 nitrogen and oxygen atoms in total. The number of fused-ring (bicyclic) bond motifs is 1. The molecule has 0 spiro atoms. The number of nitrogens with one attached hydrogen (secondary N) is 4. The van der Waals surface area contributed by atoms with Crippen LogP contribution in [0.2, 0.25) is 0 Å². The fourth-order valence-corrected chi connectivity index (χ4v) is 3.80. The largest absolute Gasteiger partial charge is 0.488 e. The third-order valence-corrected chi connectivity index (χ3v) is 5.93. The highest BCUT2D eigenvalue weighted by Crippen LogP contribution is 2.14. The van der Waals surface area contributed by atoms with Crippen molar-refractivity contribution < 1.29 is 33.9 Å². The van der Waals surface area contributed by atoms with E-state index in [1.807, 2.05) is 0 Å². The zero-order valence-electron chi connectivity index (χ0n) is 21.0. The average Bonchev–Trinajstić information content (AvgIpc) is 2.94. The van der Waals surface area contributed by atoms with Gasteiger partial charge in [-0.3, -0.25) is 19.4 Å². The molecule has 0 bridgehead atoms. The number of nitrogens with zero attached hydrogens (tertiary/aromatic N) is 3.